The molecule has 3 heteroatoms. The van der Waals surface area contributed by atoms with Gasteiger partial charge in [0, 0.05) is 12.4 Å². The Morgan fingerprint density at radius 3 is 3.08 bits per heavy atom. The molecule has 0 amide bonds. The molecule has 0 saturated heterocycles. The van der Waals surface area contributed by atoms with E-state index in [1.807, 2.05) is 10.8 Å². The summed E-state index contributed by atoms with van der Waals surface area (Å²) in [6, 6.07) is 0. The first-order chi connectivity index (χ1) is 6.33. The van der Waals surface area contributed by atoms with Crippen LogP contribution in [0.2, 0.25) is 0 Å². The lowest BCUT2D eigenvalue weighted by molar-refractivity contribution is 0.195. The van der Waals surface area contributed by atoms with Crippen LogP contribution in [0.1, 0.15) is 19.8 Å². The van der Waals surface area contributed by atoms with Gasteiger partial charge in [0.15, 0.2) is 0 Å². The predicted octanol–water partition coefficient (Wildman–Crippen LogP) is 2.21. The van der Waals surface area contributed by atoms with Gasteiger partial charge in [0.1, 0.15) is 5.76 Å². The van der Waals surface area contributed by atoms with Gasteiger partial charge in [-0.3, -0.25) is 0 Å². The molecule has 0 unspecified atom stereocenters. The van der Waals surface area contributed by atoms with Crippen LogP contribution in [0.4, 0.5) is 0 Å². The van der Waals surface area contributed by atoms with Crippen molar-refractivity contribution in [1.29, 1.82) is 0 Å². The second-order valence-corrected chi connectivity index (χ2v) is 2.98. The summed E-state index contributed by atoms with van der Waals surface area (Å²) in [4.78, 5) is 3.94. The number of imidazole rings is 1. The van der Waals surface area contributed by atoms with Gasteiger partial charge in [-0.2, -0.15) is 0 Å². The highest BCUT2D eigenvalue weighted by Gasteiger charge is 1.95. The van der Waals surface area contributed by atoms with Gasteiger partial charge in [0.2, 0.25) is 0 Å². The van der Waals surface area contributed by atoms with Crippen molar-refractivity contribution in [3.63, 3.8) is 0 Å². The summed E-state index contributed by atoms with van der Waals surface area (Å²) in [6.45, 7) is 7.44. The Morgan fingerprint density at radius 1 is 1.62 bits per heavy atom. The van der Waals surface area contributed by atoms with Gasteiger partial charge in [-0.05, 0) is 6.42 Å². The van der Waals surface area contributed by atoms with Crippen LogP contribution >= 0.6 is 0 Å². The van der Waals surface area contributed by atoms with E-state index in [-0.39, 0.29) is 0 Å². The molecule has 1 aromatic heterocycles. The van der Waals surface area contributed by atoms with E-state index in [2.05, 4.69) is 18.5 Å². The number of hydrogen-bond acceptors (Lipinski definition) is 2. The first-order valence-corrected chi connectivity index (χ1v) is 4.59. The van der Waals surface area contributed by atoms with Gasteiger partial charge in [-0.1, -0.05) is 19.9 Å². The number of aromatic nitrogens is 2. The second-order valence-electron chi connectivity index (χ2n) is 2.98. The number of nitrogens with zero attached hydrogens (tertiary/aromatic N) is 2. The lowest BCUT2D eigenvalue weighted by Gasteiger charge is -2.08. The molecule has 0 aliphatic rings. The van der Waals surface area contributed by atoms with Crippen molar-refractivity contribution in [3.05, 3.63) is 31.1 Å². The molecule has 3 nitrogen and oxygen atoms in total. The van der Waals surface area contributed by atoms with Crippen molar-refractivity contribution in [3.8, 4) is 0 Å². The highest BCUT2D eigenvalue weighted by molar-refractivity contribution is 4.86. The van der Waals surface area contributed by atoms with Gasteiger partial charge in [0.05, 0.1) is 19.5 Å². The molecular weight excluding hydrogens is 164 g/mol. The Hall–Kier alpha value is -1.25. The molecule has 1 aromatic rings. The zero-order chi connectivity index (χ0) is 9.52. The van der Waals surface area contributed by atoms with E-state index in [0.717, 1.165) is 25.2 Å². The molecule has 72 valence electrons. The van der Waals surface area contributed by atoms with Crippen LogP contribution in [0, 0.1) is 0 Å². The molecule has 0 aliphatic heterocycles. The molecule has 1 rings (SSSR count). The Bertz CT molecular complexity index is 241. The second kappa shape index (κ2) is 5.41. The summed E-state index contributed by atoms with van der Waals surface area (Å²) in [7, 11) is 0. The minimum atomic E-state index is 0.698. The number of hydrogen-bond donors (Lipinski definition) is 0. The maximum Gasteiger partial charge on any atom is 0.109 e. The average molecular weight is 180 g/mol. The third kappa shape index (κ3) is 3.78. The SMILES string of the molecule is C=C(Cn1ccnc1)OCCCC. The zero-order valence-corrected chi connectivity index (χ0v) is 8.07. The van der Waals surface area contributed by atoms with E-state index in [4.69, 9.17) is 4.74 Å². The van der Waals surface area contributed by atoms with Crippen LogP contribution in [-0.4, -0.2) is 16.2 Å². The molecule has 1 heterocycles. The average Bonchev–Trinajstić information content (AvgIpc) is 2.57. The molecule has 0 N–H and O–H groups in total. The number of unbranched alkanes of at least 4 members (excludes halogenated alkanes) is 1. The first kappa shape index (κ1) is 9.84. The smallest absolute Gasteiger partial charge is 0.109 e. The molecule has 0 spiro atoms. The lowest BCUT2D eigenvalue weighted by atomic mass is 10.4. The largest absolute Gasteiger partial charge is 0.497 e. The van der Waals surface area contributed by atoms with Crippen molar-refractivity contribution >= 4 is 0 Å². The Kier molecular flexibility index (Phi) is 4.09. The number of ether oxygens (including phenoxy) is 1. The fourth-order valence-electron chi connectivity index (χ4n) is 0.990. The van der Waals surface area contributed by atoms with Gasteiger partial charge >= 0.3 is 0 Å². The van der Waals surface area contributed by atoms with Crippen molar-refractivity contribution in [2.45, 2.75) is 26.3 Å². The molecule has 0 aromatic carbocycles. The maximum atomic E-state index is 5.41. The summed E-state index contributed by atoms with van der Waals surface area (Å²) in [5, 5.41) is 0. The monoisotopic (exact) mass is 180 g/mol. The topological polar surface area (TPSA) is 27.1 Å². The van der Waals surface area contributed by atoms with E-state index >= 15 is 0 Å². The molecule has 0 radical (unpaired) electrons. The molecule has 0 bridgehead atoms. The highest BCUT2D eigenvalue weighted by Crippen LogP contribution is 2.00. The van der Waals surface area contributed by atoms with E-state index in [1.165, 1.54) is 0 Å². The minimum absolute atomic E-state index is 0.698. The normalized spacial score (nSPS) is 9.92. The van der Waals surface area contributed by atoms with Gasteiger partial charge in [-0.15, -0.1) is 0 Å². The summed E-state index contributed by atoms with van der Waals surface area (Å²) >= 11 is 0. The predicted molar refractivity (Wildman–Crippen MR) is 52.2 cm³/mol. The standard InChI is InChI=1S/C10H16N2O/c1-3-4-7-13-10(2)8-12-6-5-11-9-12/h5-6,9H,2-4,7-8H2,1H3. The van der Waals surface area contributed by atoms with E-state index in [0.29, 0.717) is 6.54 Å². The van der Waals surface area contributed by atoms with Crippen LogP contribution in [0.3, 0.4) is 0 Å². The minimum Gasteiger partial charge on any atom is -0.497 e. The van der Waals surface area contributed by atoms with Gasteiger partial charge < -0.3 is 9.30 Å². The van der Waals surface area contributed by atoms with Crippen LogP contribution in [0.15, 0.2) is 31.1 Å². The third-order valence-electron chi connectivity index (χ3n) is 1.72. The van der Waals surface area contributed by atoms with Crippen LogP contribution in [-0.2, 0) is 11.3 Å². The van der Waals surface area contributed by atoms with Crippen LogP contribution in [0.5, 0.6) is 0 Å². The fraction of sp³-hybridized carbons (Fsp3) is 0.500. The van der Waals surface area contributed by atoms with Crippen molar-refractivity contribution in [2.24, 2.45) is 0 Å². The summed E-state index contributed by atoms with van der Waals surface area (Å²) in [6.07, 6.45) is 7.64. The summed E-state index contributed by atoms with van der Waals surface area (Å²) in [5.41, 5.74) is 0. The molecule has 0 aliphatic carbocycles. The van der Waals surface area contributed by atoms with E-state index in [1.54, 1.807) is 12.5 Å². The lowest BCUT2D eigenvalue weighted by Crippen LogP contribution is -2.02. The first-order valence-electron chi connectivity index (χ1n) is 4.59. The van der Waals surface area contributed by atoms with Crippen molar-refractivity contribution in [1.82, 2.24) is 9.55 Å². The Labute approximate surface area is 79.0 Å². The van der Waals surface area contributed by atoms with Crippen molar-refractivity contribution in [2.75, 3.05) is 6.61 Å². The molecule has 0 atom stereocenters. The van der Waals surface area contributed by atoms with Crippen molar-refractivity contribution < 1.29 is 4.74 Å². The number of rotatable bonds is 6. The van der Waals surface area contributed by atoms with E-state index in [9.17, 15) is 0 Å². The molecular formula is C10H16N2O. The van der Waals surface area contributed by atoms with Gasteiger partial charge in [-0.25, -0.2) is 4.98 Å². The van der Waals surface area contributed by atoms with E-state index < -0.39 is 0 Å². The molecule has 0 fully saturated rings. The Morgan fingerprint density at radius 2 is 2.46 bits per heavy atom. The third-order valence-corrected chi connectivity index (χ3v) is 1.72. The molecule has 13 heavy (non-hydrogen) atoms. The highest BCUT2D eigenvalue weighted by atomic mass is 16.5. The van der Waals surface area contributed by atoms with Gasteiger partial charge in [0.25, 0.3) is 0 Å². The Balaban J connectivity index is 2.18. The van der Waals surface area contributed by atoms with Crippen LogP contribution in [0.25, 0.3) is 0 Å². The zero-order valence-electron chi connectivity index (χ0n) is 8.07. The quantitative estimate of drug-likeness (QED) is 0.495. The fourth-order valence-corrected chi connectivity index (χ4v) is 0.990. The number of allylic oxidation sites excluding steroid dienone is 1. The summed E-state index contributed by atoms with van der Waals surface area (Å²) < 4.78 is 7.35. The summed E-state index contributed by atoms with van der Waals surface area (Å²) in [5.74, 6) is 0.798. The molecule has 0 saturated carbocycles. The van der Waals surface area contributed by atoms with Crippen LogP contribution < -0.4 is 0 Å². The maximum absolute atomic E-state index is 5.41.